The fraction of sp³-hybridized carbons (Fsp3) is 0.500. The first-order chi connectivity index (χ1) is 7.75. The molecule has 0 bridgehead atoms. The number of nitrogens with zero attached hydrogens (tertiary/aromatic N) is 1. The quantitative estimate of drug-likeness (QED) is 0.667. The number of aromatic nitrogens is 1. The van der Waals surface area contributed by atoms with E-state index in [4.69, 9.17) is 0 Å². The molecule has 1 aliphatic carbocycles. The monoisotopic (exact) mass is 282 g/mol. The van der Waals surface area contributed by atoms with Gasteiger partial charge in [-0.1, -0.05) is 18.9 Å². The zero-order chi connectivity index (χ0) is 11.4. The molecule has 16 heavy (non-hydrogen) atoms. The van der Waals surface area contributed by atoms with Crippen LogP contribution in [0.1, 0.15) is 36.2 Å². The van der Waals surface area contributed by atoms with Crippen LogP contribution < -0.4 is 5.32 Å². The van der Waals surface area contributed by atoms with E-state index in [9.17, 15) is 4.79 Å². The summed E-state index contributed by atoms with van der Waals surface area (Å²) in [6, 6.07) is 5.35. The number of carbonyl (C=O) groups excluding carboxylic acids is 1. The molecule has 86 valence electrons. The largest absolute Gasteiger partial charge is 0.351 e. The van der Waals surface area contributed by atoms with Gasteiger partial charge in [-0.3, -0.25) is 4.79 Å². The summed E-state index contributed by atoms with van der Waals surface area (Å²) in [7, 11) is 0. The van der Waals surface area contributed by atoms with Crippen molar-refractivity contribution in [3.8, 4) is 0 Å². The molecule has 4 heteroatoms. The van der Waals surface area contributed by atoms with Crippen LogP contribution in [0.4, 0.5) is 0 Å². The fourth-order valence-corrected chi connectivity index (χ4v) is 1.97. The predicted molar refractivity (Wildman–Crippen MR) is 66.2 cm³/mol. The summed E-state index contributed by atoms with van der Waals surface area (Å²) in [5.41, 5.74) is 0.473. The molecule has 0 aromatic carbocycles. The van der Waals surface area contributed by atoms with Gasteiger partial charge in [0.2, 0.25) is 0 Å². The second kappa shape index (κ2) is 5.43. The number of nitrogens with one attached hydrogen (secondary N) is 1. The Bertz CT molecular complexity index is 377. The van der Waals surface area contributed by atoms with Gasteiger partial charge >= 0.3 is 0 Å². The summed E-state index contributed by atoms with van der Waals surface area (Å²) in [5, 5.41) is 2.89. The van der Waals surface area contributed by atoms with Gasteiger partial charge in [0.05, 0.1) is 0 Å². The van der Waals surface area contributed by atoms with E-state index in [1.54, 1.807) is 6.07 Å². The van der Waals surface area contributed by atoms with Gasteiger partial charge in [0.15, 0.2) is 0 Å². The van der Waals surface area contributed by atoms with Gasteiger partial charge in [0.1, 0.15) is 10.3 Å². The third-order valence-electron chi connectivity index (χ3n) is 2.72. The highest BCUT2D eigenvalue weighted by Crippen LogP contribution is 2.33. The number of hydrogen-bond donors (Lipinski definition) is 1. The van der Waals surface area contributed by atoms with Crippen LogP contribution in [0.15, 0.2) is 22.8 Å². The lowest BCUT2D eigenvalue weighted by molar-refractivity contribution is 0.0947. The Kier molecular flexibility index (Phi) is 3.93. The van der Waals surface area contributed by atoms with Crippen LogP contribution in [0.3, 0.4) is 0 Å². The zero-order valence-corrected chi connectivity index (χ0v) is 10.7. The molecular formula is C12H15BrN2O. The van der Waals surface area contributed by atoms with Crippen molar-refractivity contribution in [2.75, 3.05) is 6.54 Å². The molecule has 1 amide bonds. The van der Waals surface area contributed by atoms with Crippen LogP contribution in [-0.4, -0.2) is 17.4 Å². The summed E-state index contributed by atoms with van der Waals surface area (Å²) in [5.74, 6) is 0.845. The first-order valence-corrected chi connectivity index (χ1v) is 6.46. The molecule has 0 saturated heterocycles. The summed E-state index contributed by atoms with van der Waals surface area (Å²) >= 11 is 3.25. The first-order valence-electron chi connectivity index (χ1n) is 5.66. The molecular weight excluding hydrogens is 268 g/mol. The number of pyridine rings is 1. The Balaban J connectivity index is 1.73. The third-order valence-corrected chi connectivity index (χ3v) is 3.16. The van der Waals surface area contributed by atoms with E-state index in [1.165, 1.54) is 19.3 Å². The number of amides is 1. The highest BCUT2D eigenvalue weighted by atomic mass is 79.9. The predicted octanol–water partition coefficient (Wildman–Crippen LogP) is 2.76. The molecule has 0 atom stereocenters. The van der Waals surface area contributed by atoms with E-state index in [2.05, 4.69) is 26.2 Å². The average Bonchev–Trinajstić information content (AvgIpc) is 3.08. The summed E-state index contributed by atoms with van der Waals surface area (Å²) < 4.78 is 0.693. The number of hydrogen-bond acceptors (Lipinski definition) is 2. The van der Waals surface area contributed by atoms with Gasteiger partial charge in [0.25, 0.3) is 5.91 Å². The van der Waals surface area contributed by atoms with Crippen LogP contribution in [0.2, 0.25) is 0 Å². The summed E-state index contributed by atoms with van der Waals surface area (Å²) in [6.07, 6.45) is 5.07. The second-order valence-corrected chi connectivity index (χ2v) is 5.00. The van der Waals surface area contributed by atoms with Crippen molar-refractivity contribution in [2.24, 2.45) is 5.92 Å². The van der Waals surface area contributed by atoms with Gasteiger partial charge < -0.3 is 5.32 Å². The SMILES string of the molecule is O=C(NCCCC1CC1)c1cccc(Br)n1. The number of carbonyl (C=O) groups is 1. The Morgan fingerprint density at radius 2 is 2.31 bits per heavy atom. The zero-order valence-electron chi connectivity index (χ0n) is 9.08. The molecule has 0 aliphatic heterocycles. The van der Waals surface area contributed by atoms with Crippen molar-refractivity contribution >= 4 is 21.8 Å². The van der Waals surface area contributed by atoms with Gasteiger partial charge in [-0.05, 0) is 46.8 Å². The van der Waals surface area contributed by atoms with Gasteiger partial charge in [0, 0.05) is 6.54 Å². The van der Waals surface area contributed by atoms with Gasteiger partial charge in [-0.2, -0.15) is 0 Å². The van der Waals surface area contributed by atoms with E-state index in [1.807, 2.05) is 12.1 Å². The van der Waals surface area contributed by atoms with Crippen molar-refractivity contribution in [3.63, 3.8) is 0 Å². The lowest BCUT2D eigenvalue weighted by Crippen LogP contribution is -2.25. The van der Waals surface area contributed by atoms with Crippen LogP contribution in [0, 0.1) is 5.92 Å². The number of halogens is 1. The van der Waals surface area contributed by atoms with Gasteiger partial charge in [-0.25, -0.2) is 4.98 Å². The van der Waals surface area contributed by atoms with Crippen LogP contribution in [-0.2, 0) is 0 Å². The first kappa shape index (κ1) is 11.6. The minimum absolute atomic E-state index is 0.0860. The topological polar surface area (TPSA) is 42.0 Å². The highest BCUT2D eigenvalue weighted by Gasteiger charge is 2.20. The molecule has 1 aromatic heterocycles. The summed E-state index contributed by atoms with van der Waals surface area (Å²) in [6.45, 7) is 0.753. The van der Waals surface area contributed by atoms with E-state index < -0.39 is 0 Å². The lowest BCUT2D eigenvalue weighted by atomic mass is 10.2. The molecule has 1 aliphatic rings. The maximum atomic E-state index is 11.7. The highest BCUT2D eigenvalue weighted by molar-refractivity contribution is 9.10. The van der Waals surface area contributed by atoms with E-state index >= 15 is 0 Å². The normalized spacial score (nSPS) is 14.8. The molecule has 0 unspecified atom stereocenters. The Morgan fingerprint density at radius 1 is 1.50 bits per heavy atom. The van der Waals surface area contributed by atoms with Crippen molar-refractivity contribution < 1.29 is 4.79 Å². The molecule has 1 N–H and O–H groups in total. The van der Waals surface area contributed by atoms with E-state index in [-0.39, 0.29) is 5.91 Å². The Hall–Kier alpha value is -0.900. The fourth-order valence-electron chi connectivity index (χ4n) is 1.62. The minimum atomic E-state index is -0.0860. The molecule has 2 rings (SSSR count). The van der Waals surface area contributed by atoms with E-state index in [0.29, 0.717) is 10.3 Å². The molecule has 1 heterocycles. The smallest absolute Gasteiger partial charge is 0.269 e. The average molecular weight is 283 g/mol. The standard InChI is InChI=1S/C12H15BrN2O/c13-11-5-1-4-10(15-11)12(16)14-8-2-3-9-6-7-9/h1,4-5,9H,2-3,6-8H2,(H,14,16). The molecule has 1 aromatic rings. The Labute approximate surface area is 104 Å². The number of rotatable bonds is 5. The van der Waals surface area contributed by atoms with Crippen LogP contribution in [0.25, 0.3) is 0 Å². The minimum Gasteiger partial charge on any atom is -0.351 e. The molecule has 0 spiro atoms. The lowest BCUT2D eigenvalue weighted by Gasteiger charge is -2.04. The van der Waals surface area contributed by atoms with Crippen molar-refractivity contribution in [2.45, 2.75) is 25.7 Å². The summed E-state index contributed by atoms with van der Waals surface area (Å²) in [4.78, 5) is 15.8. The maximum absolute atomic E-state index is 11.7. The van der Waals surface area contributed by atoms with E-state index in [0.717, 1.165) is 18.9 Å². The molecule has 1 fully saturated rings. The molecule has 3 nitrogen and oxygen atoms in total. The van der Waals surface area contributed by atoms with Crippen LogP contribution >= 0.6 is 15.9 Å². The second-order valence-electron chi connectivity index (χ2n) is 4.19. The van der Waals surface area contributed by atoms with Crippen molar-refractivity contribution in [1.29, 1.82) is 0 Å². The Morgan fingerprint density at radius 3 is 3.00 bits per heavy atom. The van der Waals surface area contributed by atoms with Crippen molar-refractivity contribution in [1.82, 2.24) is 10.3 Å². The van der Waals surface area contributed by atoms with Crippen molar-refractivity contribution in [3.05, 3.63) is 28.5 Å². The van der Waals surface area contributed by atoms with Crippen LogP contribution in [0.5, 0.6) is 0 Å². The molecule has 1 saturated carbocycles. The third kappa shape index (κ3) is 3.59. The maximum Gasteiger partial charge on any atom is 0.269 e. The molecule has 0 radical (unpaired) electrons. The van der Waals surface area contributed by atoms with Gasteiger partial charge in [-0.15, -0.1) is 0 Å².